The van der Waals surface area contributed by atoms with Crippen molar-refractivity contribution in [2.45, 2.75) is 13.5 Å². The van der Waals surface area contributed by atoms with Crippen LogP contribution in [0.1, 0.15) is 21.7 Å². The van der Waals surface area contributed by atoms with Crippen molar-refractivity contribution in [3.05, 3.63) is 47.4 Å². The van der Waals surface area contributed by atoms with Crippen LogP contribution in [0.2, 0.25) is 0 Å². The van der Waals surface area contributed by atoms with Crippen LogP contribution in [0, 0.1) is 6.92 Å². The highest BCUT2D eigenvalue weighted by Gasteiger charge is 2.25. The molecule has 0 spiro atoms. The maximum Gasteiger partial charge on any atom is 0.253 e. The van der Waals surface area contributed by atoms with Gasteiger partial charge in [0.15, 0.2) is 5.65 Å². The zero-order valence-corrected chi connectivity index (χ0v) is 16.8. The first-order chi connectivity index (χ1) is 13.1. The molecule has 4 rings (SSSR count). The van der Waals surface area contributed by atoms with Gasteiger partial charge in [0.25, 0.3) is 5.91 Å². The number of hydrogen-bond donors (Lipinski definition) is 1. The fourth-order valence-corrected chi connectivity index (χ4v) is 3.44. The van der Waals surface area contributed by atoms with Gasteiger partial charge in [-0.15, -0.1) is 12.4 Å². The van der Waals surface area contributed by atoms with Crippen molar-refractivity contribution < 1.29 is 4.79 Å². The monoisotopic (exact) mass is 401 g/mol. The van der Waals surface area contributed by atoms with Gasteiger partial charge in [0, 0.05) is 45.3 Å². The lowest BCUT2D eigenvalue weighted by Gasteiger charge is -2.35. The molecule has 0 unspecified atom stereocenters. The third-order valence-corrected chi connectivity index (χ3v) is 4.99. The van der Waals surface area contributed by atoms with E-state index >= 15 is 0 Å². The number of nitrogens with zero attached hydrogens (tertiary/aromatic N) is 6. The van der Waals surface area contributed by atoms with Crippen LogP contribution in [-0.2, 0) is 13.6 Å². The second-order valence-corrected chi connectivity index (χ2v) is 6.78. The molecule has 9 heteroatoms. The van der Waals surface area contributed by atoms with E-state index in [9.17, 15) is 4.79 Å². The molecule has 2 N–H and O–H groups in total. The van der Waals surface area contributed by atoms with E-state index in [2.05, 4.69) is 20.0 Å². The van der Waals surface area contributed by atoms with E-state index < -0.39 is 0 Å². The Morgan fingerprint density at radius 2 is 1.79 bits per heavy atom. The Bertz CT molecular complexity index is 978. The average Bonchev–Trinajstić information content (AvgIpc) is 3.08. The second-order valence-electron chi connectivity index (χ2n) is 6.78. The van der Waals surface area contributed by atoms with Gasteiger partial charge in [-0.3, -0.25) is 9.48 Å². The third-order valence-electron chi connectivity index (χ3n) is 4.99. The molecule has 1 aliphatic rings. The van der Waals surface area contributed by atoms with Crippen LogP contribution >= 0.6 is 12.4 Å². The first-order valence-electron chi connectivity index (χ1n) is 9.06. The lowest BCUT2D eigenvalue weighted by atomic mass is 10.1. The maximum atomic E-state index is 12.7. The summed E-state index contributed by atoms with van der Waals surface area (Å²) in [6, 6.07) is 7.52. The van der Waals surface area contributed by atoms with Crippen molar-refractivity contribution in [1.29, 1.82) is 0 Å². The zero-order chi connectivity index (χ0) is 19.0. The van der Waals surface area contributed by atoms with Crippen molar-refractivity contribution >= 4 is 35.2 Å². The van der Waals surface area contributed by atoms with E-state index in [0.717, 1.165) is 41.3 Å². The lowest BCUT2D eigenvalue weighted by Crippen LogP contribution is -2.49. The number of rotatable bonds is 3. The molecule has 1 fully saturated rings. The van der Waals surface area contributed by atoms with Gasteiger partial charge in [-0.1, -0.05) is 12.1 Å². The number of benzene rings is 1. The number of aromatic nitrogens is 4. The number of piperazine rings is 1. The molecule has 0 aliphatic carbocycles. The van der Waals surface area contributed by atoms with Gasteiger partial charge < -0.3 is 15.5 Å². The van der Waals surface area contributed by atoms with Crippen LogP contribution in [0.5, 0.6) is 0 Å². The Morgan fingerprint density at radius 3 is 2.43 bits per heavy atom. The summed E-state index contributed by atoms with van der Waals surface area (Å²) in [5.41, 5.74) is 8.18. The largest absolute Gasteiger partial charge is 0.352 e. The molecule has 1 amide bonds. The van der Waals surface area contributed by atoms with Crippen molar-refractivity contribution in [2.75, 3.05) is 31.1 Å². The minimum atomic E-state index is 0. The van der Waals surface area contributed by atoms with Gasteiger partial charge in [0.05, 0.1) is 11.6 Å². The fraction of sp³-hybridized carbons (Fsp3) is 0.368. The summed E-state index contributed by atoms with van der Waals surface area (Å²) in [5.74, 6) is 1.67. The van der Waals surface area contributed by atoms with E-state index in [1.807, 2.05) is 43.1 Å². The normalized spacial score (nSPS) is 14.2. The quantitative estimate of drug-likeness (QED) is 0.715. The molecular formula is C19H24ClN7O. The van der Waals surface area contributed by atoms with Gasteiger partial charge in [-0.2, -0.15) is 5.10 Å². The highest BCUT2D eigenvalue weighted by molar-refractivity contribution is 5.94. The molecule has 0 saturated carbocycles. The Morgan fingerprint density at radius 1 is 1.11 bits per heavy atom. The second kappa shape index (κ2) is 8.12. The Labute approximate surface area is 169 Å². The molecule has 3 aromatic rings. The molecule has 148 valence electrons. The van der Waals surface area contributed by atoms with Crippen molar-refractivity contribution in [1.82, 2.24) is 24.6 Å². The van der Waals surface area contributed by atoms with Gasteiger partial charge in [-0.25, -0.2) is 9.97 Å². The van der Waals surface area contributed by atoms with Gasteiger partial charge in [0.2, 0.25) is 0 Å². The number of fused-ring (bicyclic) bond motifs is 1. The molecular weight excluding hydrogens is 378 g/mol. The molecule has 0 bridgehead atoms. The van der Waals surface area contributed by atoms with E-state index in [-0.39, 0.29) is 18.3 Å². The minimum Gasteiger partial charge on any atom is -0.352 e. The maximum absolute atomic E-state index is 12.7. The number of halogens is 1. The number of amides is 1. The van der Waals surface area contributed by atoms with E-state index in [1.165, 1.54) is 0 Å². The van der Waals surface area contributed by atoms with Crippen LogP contribution in [0.15, 0.2) is 30.5 Å². The van der Waals surface area contributed by atoms with Crippen molar-refractivity contribution in [3.8, 4) is 0 Å². The van der Waals surface area contributed by atoms with Gasteiger partial charge >= 0.3 is 0 Å². The number of aryl methyl sites for hydroxylation is 2. The molecule has 2 aromatic heterocycles. The highest BCUT2D eigenvalue weighted by atomic mass is 35.5. The number of hydrogen-bond acceptors (Lipinski definition) is 6. The number of anilines is 1. The summed E-state index contributed by atoms with van der Waals surface area (Å²) < 4.78 is 1.76. The molecule has 8 nitrogen and oxygen atoms in total. The number of carbonyl (C=O) groups is 1. The topological polar surface area (TPSA) is 93.2 Å². The van der Waals surface area contributed by atoms with Crippen LogP contribution in [0.3, 0.4) is 0 Å². The predicted molar refractivity (Wildman–Crippen MR) is 111 cm³/mol. The average molecular weight is 402 g/mol. The molecule has 1 aliphatic heterocycles. The molecule has 3 heterocycles. The standard InChI is InChI=1S/C19H23N7O.ClH/c1-13-22-17-16(12-21-24(17)2)18(23-13)25-7-9-26(10-8-25)19(27)15-5-3-14(11-20)4-6-15;/h3-6,12H,7-11,20H2,1-2H3;1H. The Hall–Kier alpha value is -2.71. The number of nitrogens with two attached hydrogens (primary N) is 1. The van der Waals surface area contributed by atoms with E-state index in [0.29, 0.717) is 25.2 Å². The summed E-state index contributed by atoms with van der Waals surface area (Å²) in [4.78, 5) is 26.0. The summed E-state index contributed by atoms with van der Waals surface area (Å²) >= 11 is 0. The van der Waals surface area contributed by atoms with Gasteiger partial charge in [-0.05, 0) is 24.6 Å². The predicted octanol–water partition coefficient (Wildman–Crippen LogP) is 1.51. The summed E-state index contributed by atoms with van der Waals surface area (Å²) in [5, 5.41) is 5.25. The molecule has 0 radical (unpaired) electrons. The SMILES string of the molecule is Cc1nc(N2CCN(C(=O)c3ccc(CN)cc3)CC2)c2cnn(C)c2n1.Cl. The van der Waals surface area contributed by atoms with Crippen LogP contribution < -0.4 is 10.6 Å². The summed E-state index contributed by atoms with van der Waals surface area (Å²) in [7, 11) is 1.88. The van der Waals surface area contributed by atoms with E-state index in [4.69, 9.17) is 5.73 Å². The zero-order valence-electron chi connectivity index (χ0n) is 16.0. The van der Waals surface area contributed by atoms with E-state index in [1.54, 1.807) is 10.9 Å². The fourth-order valence-electron chi connectivity index (χ4n) is 3.44. The lowest BCUT2D eigenvalue weighted by molar-refractivity contribution is 0.0746. The Balaban J connectivity index is 0.00000225. The van der Waals surface area contributed by atoms with Crippen LogP contribution in [0.4, 0.5) is 5.82 Å². The highest BCUT2D eigenvalue weighted by Crippen LogP contribution is 2.24. The first-order valence-corrected chi connectivity index (χ1v) is 9.06. The molecule has 1 aromatic carbocycles. The smallest absolute Gasteiger partial charge is 0.253 e. The molecule has 1 saturated heterocycles. The molecule has 28 heavy (non-hydrogen) atoms. The Kier molecular flexibility index (Phi) is 5.81. The van der Waals surface area contributed by atoms with Crippen LogP contribution in [-0.4, -0.2) is 56.7 Å². The molecule has 0 atom stereocenters. The number of carbonyl (C=O) groups excluding carboxylic acids is 1. The minimum absolute atomic E-state index is 0. The van der Waals surface area contributed by atoms with Crippen molar-refractivity contribution in [3.63, 3.8) is 0 Å². The third kappa shape index (κ3) is 3.65. The summed E-state index contributed by atoms with van der Waals surface area (Å²) in [6.07, 6.45) is 1.81. The van der Waals surface area contributed by atoms with Gasteiger partial charge in [0.1, 0.15) is 11.6 Å². The van der Waals surface area contributed by atoms with Crippen molar-refractivity contribution in [2.24, 2.45) is 12.8 Å². The van der Waals surface area contributed by atoms with Crippen LogP contribution in [0.25, 0.3) is 11.0 Å². The summed E-state index contributed by atoms with van der Waals surface area (Å²) in [6.45, 7) is 5.14. The first kappa shape index (κ1) is 20.0.